The highest BCUT2D eigenvalue weighted by Crippen LogP contribution is 2.19. The van der Waals surface area contributed by atoms with Gasteiger partial charge in [0.05, 0.1) is 5.60 Å². The van der Waals surface area contributed by atoms with Crippen molar-refractivity contribution >= 4 is 0 Å². The van der Waals surface area contributed by atoms with E-state index in [1.54, 1.807) is 31.3 Å². The molecule has 0 saturated heterocycles. The number of rotatable bonds is 4. The Bertz CT molecular complexity index is 534. The Morgan fingerprint density at radius 2 is 2.06 bits per heavy atom. The van der Waals surface area contributed by atoms with Crippen molar-refractivity contribution in [3.63, 3.8) is 0 Å². The van der Waals surface area contributed by atoms with Gasteiger partial charge in [-0.15, -0.1) is 0 Å². The first-order chi connectivity index (χ1) is 8.48. The number of aliphatic hydroxyl groups is 1. The van der Waals surface area contributed by atoms with Crippen molar-refractivity contribution in [2.75, 3.05) is 0 Å². The molecule has 1 aromatic carbocycles. The average molecular weight is 248 g/mol. The molecule has 1 atom stereocenters. The molecule has 2 aromatic rings. The third kappa shape index (κ3) is 2.96. The third-order valence-corrected chi connectivity index (χ3v) is 2.99. The summed E-state index contributed by atoms with van der Waals surface area (Å²) < 4.78 is 15.4. The number of aryl methyl sites for hydroxylation is 1. The van der Waals surface area contributed by atoms with E-state index in [0.717, 1.165) is 5.82 Å². The van der Waals surface area contributed by atoms with Crippen molar-refractivity contribution in [2.24, 2.45) is 7.05 Å². The summed E-state index contributed by atoms with van der Waals surface area (Å²) in [6, 6.07) is 6.52. The number of hydrogen-bond donors (Lipinski definition) is 1. The molecule has 0 fully saturated rings. The Morgan fingerprint density at radius 1 is 1.33 bits per heavy atom. The summed E-state index contributed by atoms with van der Waals surface area (Å²) in [6.45, 7) is 1.70. The molecule has 3 nitrogen and oxygen atoms in total. The van der Waals surface area contributed by atoms with E-state index in [1.165, 1.54) is 6.07 Å². The third-order valence-electron chi connectivity index (χ3n) is 2.99. The monoisotopic (exact) mass is 248 g/mol. The largest absolute Gasteiger partial charge is 0.389 e. The van der Waals surface area contributed by atoms with Gasteiger partial charge in [0.15, 0.2) is 0 Å². The van der Waals surface area contributed by atoms with Crippen LogP contribution in [-0.4, -0.2) is 20.3 Å². The molecule has 0 saturated carbocycles. The van der Waals surface area contributed by atoms with E-state index in [9.17, 15) is 9.50 Å². The molecule has 0 aliphatic carbocycles. The summed E-state index contributed by atoms with van der Waals surface area (Å²) >= 11 is 0. The zero-order valence-corrected chi connectivity index (χ0v) is 10.6. The number of benzene rings is 1. The number of halogens is 1. The summed E-state index contributed by atoms with van der Waals surface area (Å²) in [6.07, 6.45) is 4.18. The number of nitrogens with zero attached hydrogens (tertiary/aromatic N) is 2. The molecular formula is C14H17FN2O. The second-order valence-electron chi connectivity index (χ2n) is 4.90. The van der Waals surface area contributed by atoms with Gasteiger partial charge in [-0.1, -0.05) is 18.2 Å². The number of imidazole rings is 1. The zero-order chi connectivity index (χ0) is 13.2. The van der Waals surface area contributed by atoms with Crippen molar-refractivity contribution in [3.05, 3.63) is 53.9 Å². The van der Waals surface area contributed by atoms with E-state index in [1.807, 2.05) is 17.8 Å². The molecule has 1 heterocycles. The first kappa shape index (κ1) is 12.8. The maximum absolute atomic E-state index is 13.5. The smallest absolute Gasteiger partial charge is 0.126 e. The van der Waals surface area contributed by atoms with Crippen LogP contribution in [0.4, 0.5) is 4.39 Å². The Hall–Kier alpha value is -1.68. The molecule has 1 unspecified atom stereocenters. The number of hydrogen-bond acceptors (Lipinski definition) is 2. The molecule has 0 radical (unpaired) electrons. The van der Waals surface area contributed by atoms with Gasteiger partial charge in [0.1, 0.15) is 11.6 Å². The van der Waals surface area contributed by atoms with Crippen molar-refractivity contribution < 1.29 is 9.50 Å². The van der Waals surface area contributed by atoms with Crippen LogP contribution in [0, 0.1) is 5.82 Å². The topological polar surface area (TPSA) is 38.0 Å². The normalized spacial score (nSPS) is 14.4. The highest BCUT2D eigenvalue weighted by atomic mass is 19.1. The Labute approximate surface area is 106 Å². The highest BCUT2D eigenvalue weighted by Gasteiger charge is 2.24. The maximum Gasteiger partial charge on any atom is 0.126 e. The van der Waals surface area contributed by atoms with E-state index in [-0.39, 0.29) is 12.2 Å². The maximum atomic E-state index is 13.5. The summed E-state index contributed by atoms with van der Waals surface area (Å²) in [5.74, 6) is 0.508. The average Bonchev–Trinajstić information content (AvgIpc) is 2.67. The molecule has 18 heavy (non-hydrogen) atoms. The minimum Gasteiger partial charge on any atom is -0.389 e. The van der Waals surface area contributed by atoms with Crippen LogP contribution in [0.1, 0.15) is 18.3 Å². The first-order valence-electron chi connectivity index (χ1n) is 5.90. The molecular weight excluding hydrogens is 231 g/mol. The second-order valence-corrected chi connectivity index (χ2v) is 4.90. The van der Waals surface area contributed by atoms with Crippen molar-refractivity contribution in [1.29, 1.82) is 0 Å². The first-order valence-corrected chi connectivity index (χ1v) is 5.90. The number of aromatic nitrogens is 2. The summed E-state index contributed by atoms with van der Waals surface area (Å²) in [4.78, 5) is 4.17. The molecule has 0 spiro atoms. The lowest BCUT2D eigenvalue weighted by Gasteiger charge is -2.23. The fourth-order valence-electron chi connectivity index (χ4n) is 2.02. The molecule has 2 rings (SSSR count). The minimum absolute atomic E-state index is 0.270. The Kier molecular flexibility index (Phi) is 3.48. The van der Waals surface area contributed by atoms with Gasteiger partial charge < -0.3 is 9.67 Å². The van der Waals surface area contributed by atoms with Crippen LogP contribution in [0.2, 0.25) is 0 Å². The molecule has 96 valence electrons. The molecule has 0 amide bonds. The van der Waals surface area contributed by atoms with Gasteiger partial charge in [-0.2, -0.15) is 0 Å². The van der Waals surface area contributed by atoms with Gasteiger partial charge in [0.25, 0.3) is 0 Å². The summed E-state index contributed by atoms with van der Waals surface area (Å²) in [5, 5.41) is 10.4. The van der Waals surface area contributed by atoms with Gasteiger partial charge in [-0.05, 0) is 18.6 Å². The lowest BCUT2D eigenvalue weighted by atomic mass is 9.92. The van der Waals surface area contributed by atoms with E-state index in [2.05, 4.69) is 4.98 Å². The highest BCUT2D eigenvalue weighted by molar-refractivity contribution is 5.19. The lowest BCUT2D eigenvalue weighted by Crippen LogP contribution is -2.31. The second kappa shape index (κ2) is 4.90. The van der Waals surface area contributed by atoms with Crippen LogP contribution < -0.4 is 0 Å². The van der Waals surface area contributed by atoms with Gasteiger partial charge in [-0.25, -0.2) is 9.37 Å². The van der Waals surface area contributed by atoms with Gasteiger partial charge in [0, 0.05) is 32.3 Å². The molecule has 0 aliphatic heterocycles. The SMILES string of the molecule is Cn1ccnc1CC(C)(O)Cc1ccccc1F. The molecule has 4 heteroatoms. The van der Waals surface area contributed by atoms with E-state index >= 15 is 0 Å². The quantitative estimate of drug-likeness (QED) is 0.899. The molecule has 1 N–H and O–H groups in total. The summed E-state index contributed by atoms with van der Waals surface area (Å²) in [7, 11) is 1.88. The van der Waals surface area contributed by atoms with E-state index in [0.29, 0.717) is 12.0 Å². The van der Waals surface area contributed by atoms with Crippen molar-refractivity contribution in [2.45, 2.75) is 25.4 Å². The summed E-state index contributed by atoms with van der Waals surface area (Å²) in [5.41, 5.74) is -0.488. The molecule has 0 bridgehead atoms. The van der Waals surface area contributed by atoms with Gasteiger partial charge in [-0.3, -0.25) is 0 Å². The molecule has 1 aromatic heterocycles. The van der Waals surface area contributed by atoms with Crippen LogP contribution >= 0.6 is 0 Å². The fourth-order valence-corrected chi connectivity index (χ4v) is 2.02. The van der Waals surface area contributed by atoms with Crippen molar-refractivity contribution in [3.8, 4) is 0 Å². The van der Waals surface area contributed by atoms with Crippen LogP contribution in [0.5, 0.6) is 0 Å². The van der Waals surface area contributed by atoms with Gasteiger partial charge >= 0.3 is 0 Å². The van der Waals surface area contributed by atoms with Crippen LogP contribution in [-0.2, 0) is 19.9 Å². The molecule has 0 aliphatic rings. The predicted molar refractivity (Wildman–Crippen MR) is 67.6 cm³/mol. The zero-order valence-electron chi connectivity index (χ0n) is 10.6. The Morgan fingerprint density at radius 3 is 2.67 bits per heavy atom. The van der Waals surface area contributed by atoms with Gasteiger partial charge in [0.2, 0.25) is 0 Å². The Balaban J connectivity index is 2.13. The van der Waals surface area contributed by atoms with Crippen LogP contribution in [0.15, 0.2) is 36.7 Å². The lowest BCUT2D eigenvalue weighted by molar-refractivity contribution is 0.0572. The van der Waals surface area contributed by atoms with Crippen molar-refractivity contribution in [1.82, 2.24) is 9.55 Å². The minimum atomic E-state index is -1.01. The van der Waals surface area contributed by atoms with Crippen LogP contribution in [0.3, 0.4) is 0 Å². The fraction of sp³-hybridized carbons (Fsp3) is 0.357. The predicted octanol–water partition coefficient (Wildman–Crippen LogP) is 2.10. The van der Waals surface area contributed by atoms with Crippen LogP contribution in [0.25, 0.3) is 0 Å². The standard InChI is InChI=1S/C14H17FN2O/c1-14(18,10-13-16-7-8-17(13)2)9-11-5-3-4-6-12(11)15/h3-8,18H,9-10H2,1-2H3. The van der Waals surface area contributed by atoms with E-state index < -0.39 is 5.60 Å². The van der Waals surface area contributed by atoms with E-state index in [4.69, 9.17) is 0 Å².